The van der Waals surface area contributed by atoms with Gasteiger partial charge in [-0.1, -0.05) is 0 Å². The molecular formula is C10H15NO3. The molecule has 14 heavy (non-hydrogen) atoms. The Morgan fingerprint density at radius 2 is 2.21 bits per heavy atom. The van der Waals surface area contributed by atoms with E-state index in [4.69, 9.17) is 9.52 Å². The number of carboxylic acids is 1. The molecule has 1 aromatic heterocycles. The monoisotopic (exact) mass is 197 g/mol. The number of aryl methyl sites for hydroxylation is 1. The van der Waals surface area contributed by atoms with Crippen LogP contribution in [0.5, 0.6) is 0 Å². The number of hydrogen-bond donors (Lipinski definition) is 2. The molecule has 0 aromatic carbocycles. The highest BCUT2D eigenvalue weighted by atomic mass is 16.4. The van der Waals surface area contributed by atoms with E-state index in [1.807, 2.05) is 19.1 Å². The average molecular weight is 197 g/mol. The molecule has 4 heteroatoms. The Balaban J connectivity index is 2.52. The van der Waals surface area contributed by atoms with Crippen LogP contribution in [0.25, 0.3) is 0 Å². The highest BCUT2D eigenvalue weighted by molar-refractivity contribution is 5.77. The second-order valence-electron chi connectivity index (χ2n) is 3.80. The molecule has 0 aliphatic carbocycles. The summed E-state index contributed by atoms with van der Waals surface area (Å²) in [6.07, 6.45) is 0. The minimum Gasteiger partial charge on any atom is -0.480 e. The van der Waals surface area contributed by atoms with Crippen LogP contribution in [-0.2, 0) is 11.3 Å². The van der Waals surface area contributed by atoms with Crippen molar-refractivity contribution in [3.05, 3.63) is 23.7 Å². The van der Waals surface area contributed by atoms with Crippen molar-refractivity contribution in [2.75, 3.05) is 0 Å². The van der Waals surface area contributed by atoms with Gasteiger partial charge in [0.15, 0.2) is 0 Å². The van der Waals surface area contributed by atoms with Gasteiger partial charge in [-0.05, 0) is 32.9 Å². The smallest absolute Gasteiger partial charge is 0.323 e. The standard InChI is InChI=1S/C10H15NO3/c1-7-4-5-8(14-7)6-11-10(2,3)9(12)13/h4-5,11H,6H2,1-3H3,(H,12,13). The Bertz CT molecular complexity index is 328. The van der Waals surface area contributed by atoms with Gasteiger partial charge in [-0.25, -0.2) is 0 Å². The van der Waals surface area contributed by atoms with Gasteiger partial charge in [0.1, 0.15) is 17.1 Å². The number of rotatable bonds is 4. The van der Waals surface area contributed by atoms with Crippen LogP contribution in [0, 0.1) is 6.92 Å². The molecule has 0 atom stereocenters. The molecule has 0 saturated carbocycles. The van der Waals surface area contributed by atoms with Gasteiger partial charge in [0, 0.05) is 0 Å². The van der Waals surface area contributed by atoms with Gasteiger partial charge in [-0.15, -0.1) is 0 Å². The zero-order valence-corrected chi connectivity index (χ0v) is 8.63. The van der Waals surface area contributed by atoms with Crippen LogP contribution < -0.4 is 5.32 Å². The summed E-state index contributed by atoms with van der Waals surface area (Å²) in [5.41, 5.74) is -0.930. The predicted molar refractivity (Wildman–Crippen MR) is 52.0 cm³/mol. The fraction of sp³-hybridized carbons (Fsp3) is 0.500. The molecule has 0 unspecified atom stereocenters. The lowest BCUT2D eigenvalue weighted by Gasteiger charge is -2.19. The zero-order chi connectivity index (χ0) is 10.8. The third-order valence-electron chi connectivity index (χ3n) is 2.04. The highest BCUT2D eigenvalue weighted by Crippen LogP contribution is 2.08. The molecule has 0 radical (unpaired) electrons. The number of hydrogen-bond acceptors (Lipinski definition) is 3. The molecule has 0 saturated heterocycles. The van der Waals surface area contributed by atoms with E-state index < -0.39 is 11.5 Å². The molecule has 0 spiro atoms. The summed E-state index contributed by atoms with van der Waals surface area (Å²) >= 11 is 0. The molecule has 0 aliphatic rings. The topological polar surface area (TPSA) is 62.5 Å². The normalized spacial score (nSPS) is 11.6. The summed E-state index contributed by atoms with van der Waals surface area (Å²) in [6.45, 7) is 5.51. The SMILES string of the molecule is Cc1ccc(CNC(C)(C)C(=O)O)o1. The molecule has 4 nitrogen and oxygen atoms in total. The minimum atomic E-state index is -0.930. The molecule has 78 valence electrons. The summed E-state index contributed by atoms with van der Waals surface area (Å²) in [5, 5.41) is 11.7. The van der Waals surface area contributed by atoms with E-state index in [-0.39, 0.29) is 0 Å². The third kappa shape index (κ3) is 2.60. The fourth-order valence-electron chi connectivity index (χ4n) is 0.964. The van der Waals surface area contributed by atoms with E-state index in [1.165, 1.54) is 0 Å². The maximum atomic E-state index is 10.8. The molecule has 0 fully saturated rings. The van der Waals surface area contributed by atoms with Crippen LogP contribution in [0.2, 0.25) is 0 Å². The Morgan fingerprint density at radius 1 is 1.57 bits per heavy atom. The maximum absolute atomic E-state index is 10.8. The number of nitrogens with one attached hydrogen (secondary N) is 1. The molecule has 0 aliphatic heterocycles. The second-order valence-corrected chi connectivity index (χ2v) is 3.80. The van der Waals surface area contributed by atoms with Crippen LogP contribution in [0.3, 0.4) is 0 Å². The van der Waals surface area contributed by atoms with Crippen molar-refractivity contribution in [3.63, 3.8) is 0 Å². The molecule has 0 bridgehead atoms. The van der Waals surface area contributed by atoms with Crippen molar-refractivity contribution in [2.45, 2.75) is 32.9 Å². The van der Waals surface area contributed by atoms with Gasteiger partial charge >= 0.3 is 5.97 Å². The summed E-state index contributed by atoms with van der Waals surface area (Å²) in [7, 11) is 0. The number of aliphatic carboxylic acids is 1. The van der Waals surface area contributed by atoms with Crippen LogP contribution in [0.1, 0.15) is 25.4 Å². The fourth-order valence-corrected chi connectivity index (χ4v) is 0.964. The molecule has 2 N–H and O–H groups in total. The van der Waals surface area contributed by atoms with Gasteiger partial charge in [-0.3, -0.25) is 10.1 Å². The van der Waals surface area contributed by atoms with E-state index in [2.05, 4.69) is 5.32 Å². The van der Waals surface area contributed by atoms with Gasteiger partial charge in [0.2, 0.25) is 0 Å². The van der Waals surface area contributed by atoms with E-state index >= 15 is 0 Å². The molecule has 0 amide bonds. The Hall–Kier alpha value is -1.29. The summed E-state index contributed by atoms with van der Waals surface area (Å²) < 4.78 is 5.30. The zero-order valence-electron chi connectivity index (χ0n) is 8.63. The minimum absolute atomic E-state index is 0.424. The van der Waals surface area contributed by atoms with Crippen LogP contribution in [0.15, 0.2) is 16.5 Å². The molecule has 1 aromatic rings. The maximum Gasteiger partial charge on any atom is 0.323 e. The van der Waals surface area contributed by atoms with Crippen molar-refractivity contribution in [2.24, 2.45) is 0 Å². The average Bonchev–Trinajstić information content (AvgIpc) is 2.48. The first-order valence-corrected chi connectivity index (χ1v) is 4.45. The van der Waals surface area contributed by atoms with Crippen molar-refractivity contribution >= 4 is 5.97 Å². The molecule has 1 heterocycles. The van der Waals surface area contributed by atoms with E-state index in [0.29, 0.717) is 6.54 Å². The first-order chi connectivity index (χ1) is 6.42. The lowest BCUT2D eigenvalue weighted by Crippen LogP contribution is -2.46. The summed E-state index contributed by atoms with van der Waals surface area (Å²) in [4.78, 5) is 10.8. The Morgan fingerprint density at radius 3 is 2.64 bits per heavy atom. The van der Waals surface area contributed by atoms with Crippen LogP contribution in [-0.4, -0.2) is 16.6 Å². The van der Waals surface area contributed by atoms with Gasteiger partial charge in [0.25, 0.3) is 0 Å². The lowest BCUT2D eigenvalue weighted by molar-refractivity contribution is -0.143. The first kappa shape index (κ1) is 10.8. The summed E-state index contributed by atoms with van der Waals surface area (Å²) in [6, 6.07) is 3.69. The summed E-state index contributed by atoms with van der Waals surface area (Å²) in [5.74, 6) is 0.701. The quantitative estimate of drug-likeness (QED) is 0.768. The van der Waals surface area contributed by atoms with E-state index in [0.717, 1.165) is 11.5 Å². The van der Waals surface area contributed by atoms with Crippen LogP contribution >= 0.6 is 0 Å². The number of carboxylic acid groups (broad SMARTS) is 1. The highest BCUT2D eigenvalue weighted by Gasteiger charge is 2.26. The van der Waals surface area contributed by atoms with Gasteiger partial charge < -0.3 is 9.52 Å². The van der Waals surface area contributed by atoms with Crippen molar-refractivity contribution in [1.29, 1.82) is 0 Å². The van der Waals surface area contributed by atoms with Crippen LogP contribution in [0.4, 0.5) is 0 Å². The Labute approximate surface area is 82.9 Å². The lowest BCUT2D eigenvalue weighted by atomic mass is 10.1. The number of carbonyl (C=O) groups is 1. The molecule has 1 rings (SSSR count). The van der Waals surface area contributed by atoms with Gasteiger partial charge in [-0.2, -0.15) is 0 Å². The van der Waals surface area contributed by atoms with Crippen molar-refractivity contribution in [3.8, 4) is 0 Å². The van der Waals surface area contributed by atoms with Crippen molar-refractivity contribution in [1.82, 2.24) is 5.32 Å². The Kier molecular flexibility index (Phi) is 2.96. The second kappa shape index (κ2) is 3.84. The largest absolute Gasteiger partial charge is 0.480 e. The van der Waals surface area contributed by atoms with Gasteiger partial charge in [0.05, 0.1) is 6.54 Å². The third-order valence-corrected chi connectivity index (χ3v) is 2.04. The van der Waals surface area contributed by atoms with E-state index in [1.54, 1.807) is 13.8 Å². The molecular weight excluding hydrogens is 182 g/mol. The van der Waals surface area contributed by atoms with Crippen molar-refractivity contribution < 1.29 is 14.3 Å². The first-order valence-electron chi connectivity index (χ1n) is 4.45. The van der Waals surface area contributed by atoms with E-state index in [9.17, 15) is 4.79 Å². The number of furan rings is 1. The predicted octanol–water partition coefficient (Wildman–Crippen LogP) is 1.54.